The summed E-state index contributed by atoms with van der Waals surface area (Å²) in [6.45, 7) is 5.53. The van der Waals surface area contributed by atoms with Gasteiger partial charge in [0.25, 0.3) is 11.8 Å². The molecular weight excluding hydrogens is 308 g/mol. The standard InChI is InChI=1S/C17H22N4O3/c1-10-7-8-18-9-13(10)19-14(22)11-3-5-12(6-4-11)17(2)15(23)20-16(24)21-17/h3-6,10,13,18H,7-9H2,1-2H3,(H,19,22)(H2,20,21,23,24). The van der Waals surface area contributed by atoms with Crippen LogP contribution in [0.3, 0.4) is 0 Å². The highest BCUT2D eigenvalue weighted by atomic mass is 16.2. The van der Waals surface area contributed by atoms with Gasteiger partial charge in [-0.1, -0.05) is 19.1 Å². The first-order chi connectivity index (χ1) is 11.4. The molecule has 2 saturated heterocycles. The molecule has 2 fully saturated rings. The van der Waals surface area contributed by atoms with Gasteiger partial charge in [0.05, 0.1) is 0 Å². The molecule has 2 heterocycles. The second-order valence-electron chi connectivity index (χ2n) is 6.66. The summed E-state index contributed by atoms with van der Waals surface area (Å²) in [5.41, 5.74) is 0.0633. The second-order valence-corrected chi connectivity index (χ2v) is 6.66. The lowest BCUT2D eigenvalue weighted by molar-refractivity contribution is -0.123. The van der Waals surface area contributed by atoms with Crippen molar-refractivity contribution < 1.29 is 14.4 Å². The van der Waals surface area contributed by atoms with Gasteiger partial charge in [-0.25, -0.2) is 4.79 Å². The van der Waals surface area contributed by atoms with Crippen LogP contribution in [0.15, 0.2) is 24.3 Å². The predicted molar refractivity (Wildman–Crippen MR) is 88.4 cm³/mol. The molecule has 0 aliphatic carbocycles. The summed E-state index contributed by atoms with van der Waals surface area (Å²) in [7, 11) is 0. The summed E-state index contributed by atoms with van der Waals surface area (Å²) < 4.78 is 0. The summed E-state index contributed by atoms with van der Waals surface area (Å²) in [6.07, 6.45) is 1.04. The van der Waals surface area contributed by atoms with Gasteiger partial charge in [0.15, 0.2) is 0 Å². The molecule has 1 aromatic carbocycles. The Hall–Kier alpha value is -2.41. The molecular formula is C17H22N4O3. The minimum Gasteiger partial charge on any atom is -0.348 e. The maximum atomic E-state index is 12.4. The molecule has 2 aliphatic heterocycles. The highest BCUT2D eigenvalue weighted by Crippen LogP contribution is 2.24. The minimum absolute atomic E-state index is 0.114. The number of piperidine rings is 1. The van der Waals surface area contributed by atoms with E-state index in [1.807, 2.05) is 0 Å². The average molecular weight is 330 g/mol. The SMILES string of the molecule is CC1CCNCC1NC(=O)c1ccc(C2(C)NC(=O)NC2=O)cc1. The Morgan fingerprint density at radius 3 is 2.54 bits per heavy atom. The number of rotatable bonds is 3. The maximum absolute atomic E-state index is 12.4. The third kappa shape index (κ3) is 2.99. The lowest BCUT2D eigenvalue weighted by Gasteiger charge is -2.30. The van der Waals surface area contributed by atoms with Gasteiger partial charge >= 0.3 is 6.03 Å². The van der Waals surface area contributed by atoms with Crippen molar-refractivity contribution in [1.82, 2.24) is 21.3 Å². The quantitative estimate of drug-likeness (QED) is 0.605. The molecule has 3 rings (SSSR count). The molecule has 4 amide bonds. The largest absolute Gasteiger partial charge is 0.348 e. The van der Waals surface area contributed by atoms with Crippen molar-refractivity contribution in [1.29, 1.82) is 0 Å². The normalized spacial score (nSPS) is 29.8. The number of benzene rings is 1. The van der Waals surface area contributed by atoms with E-state index in [9.17, 15) is 14.4 Å². The second kappa shape index (κ2) is 6.24. The maximum Gasteiger partial charge on any atom is 0.322 e. The van der Waals surface area contributed by atoms with E-state index < -0.39 is 17.5 Å². The number of carbonyl (C=O) groups excluding carboxylic acids is 3. The Labute approximate surface area is 140 Å². The van der Waals surface area contributed by atoms with Crippen molar-refractivity contribution in [2.45, 2.75) is 31.8 Å². The van der Waals surface area contributed by atoms with Crippen LogP contribution in [0.1, 0.15) is 36.2 Å². The Balaban J connectivity index is 1.71. The summed E-state index contributed by atoms with van der Waals surface area (Å²) in [4.78, 5) is 35.7. The molecule has 2 aliphatic rings. The average Bonchev–Trinajstić information content (AvgIpc) is 2.83. The number of hydrogen-bond acceptors (Lipinski definition) is 4. The van der Waals surface area contributed by atoms with Crippen molar-refractivity contribution in [2.24, 2.45) is 5.92 Å². The molecule has 7 nitrogen and oxygen atoms in total. The summed E-state index contributed by atoms with van der Waals surface area (Å²) in [5.74, 6) is -0.0928. The summed E-state index contributed by atoms with van der Waals surface area (Å²) in [6, 6.07) is 6.35. The van der Waals surface area contributed by atoms with E-state index in [-0.39, 0.29) is 11.9 Å². The zero-order valence-corrected chi connectivity index (χ0v) is 13.8. The molecule has 0 spiro atoms. The first-order valence-electron chi connectivity index (χ1n) is 8.16. The molecule has 3 unspecified atom stereocenters. The van der Waals surface area contributed by atoms with Crippen LogP contribution in [0.25, 0.3) is 0 Å². The molecule has 24 heavy (non-hydrogen) atoms. The van der Waals surface area contributed by atoms with E-state index in [0.29, 0.717) is 17.0 Å². The lowest BCUT2D eigenvalue weighted by Crippen LogP contribution is -2.50. The van der Waals surface area contributed by atoms with E-state index >= 15 is 0 Å². The number of amides is 4. The highest BCUT2D eigenvalue weighted by molar-refractivity contribution is 6.07. The van der Waals surface area contributed by atoms with Gasteiger partial charge in [-0.3, -0.25) is 14.9 Å². The van der Waals surface area contributed by atoms with Crippen LogP contribution in [0, 0.1) is 5.92 Å². The Morgan fingerprint density at radius 1 is 1.25 bits per heavy atom. The van der Waals surface area contributed by atoms with Crippen LogP contribution in [0.5, 0.6) is 0 Å². The van der Waals surface area contributed by atoms with Gasteiger partial charge in [-0.15, -0.1) is 0 Å². The minimum atomic E-state index is -1.10. The van der Waals surface area contributed by atoms with Crippen molar-refractivity contribution in [2.75, 3.05) is 13.1 Å². The molecule has 0 bridgehead atoms. The van der Waals surface area contributed by atoms with E-state index in [0.717, 1.165) is 19.5 Å². The van der Waals surface area contributed by atoms with Crippen molar-refractivity contribution in [3.8, 4) is 0 Å². The van der Waals surface area contributed by atoms with Crippen LogP contribution < -0.4 is 21.3 Å². The van der Waals surface area contributed by atoms with Crippen LogP contribution in [-0.4, -0.2) is 37.0 Å². The van der Waals surface area contributed by atoms with E-state index in [1.165, 1.54) is 0 Å². The van der Waals surface area contributed by atoms with E-state index in [4.69, 9.17) is 0 Å². The number of hydrogen-bond donors (Lipinski definition) is 4. The van der Waals surface area contributed by atoms with Gasteiger partial charge in [0.2, 0.25) is 0 Å². The third-order valence-corrected chi connectivity index (χ3v) is 4.91. The zero-order valence-electron chi connectivity index (χ0n) is 13.8. The lowest BCUT2D eigenvalue weighted by atomic mass is 9.91. The highest BCUT2D eigenvalue weighted by Gasteiger charge is 2.43. The van der Waals surface area contributed by atoms with E-state index in [1.54, 1.807) is 31.2 Å². The molecule has 0 aromatic heterocycles. The molecule has 7 heteroatoms. The fraction of sp³-hybridized carbons (Fsp3) is 0.471. The van der Waals surface area contributed by atoms with Gasteiger partial charge in [-0.05, 0) is 43.5 Å². The summed E-state index contributed by atoms with van der Waals surface area (Å²) in [5, 5.41) is 11.2. The van der Waals surface area contributed by atoms with Crippen molar-refractivity contribution in [3.05, 3.63) is 35.4 Å². The van der Waals surface area contributed by atoms with Crippen LogP contribution >= 0.6 is 0 Å². The van der Waals surface area contributed by atoms with Crippen LogP contribution in [0.2, 0.25) is 0 Å². The van der Waals surface area contributed by atoms with Crippen LogP contribution in [0.4, 0.5) is 4.79 Å². The topological polar surface area (TPSA) is 99.3 Å². The number of carbonyl (C=O) groups is 3. The molecule has 3 atom stereocenters. The zero-order chi connectivity index (χ0) is 17.3. The van der Waals surface area contributed by atoms with Gasteiger partial charge in [-0.2, -0.15) is 0 Å². The molecule has 4 N–H and O–H groups in total. The van der Waals surface area contributed by atoms with Gasteiger partial charge in [0, 0.05) is 18.2 Å². The first-order valence-corrected chi connectivity index (χ1v) is 8.16. The van der Waals surface area contributed by atoms with E-state index in [2.05, 4.69) is 28.2 Å². The number of urea groups is 1. The molecule has 0 saturated carbocycles. The Kier molecular flexibility index (Phi) is 4.28. The van der Waals surface area contributed by atoms with Gasteiger partial charge in [0.1, 0.15) is 5.54 Å². The number of imide groups is 1. The van der Waals surface area contributed by atoms with Crippen molar-refractivity contribution in [3.63, 3.8) is 0 Å². The molecule has 1 aromatic rings. The predicted octanol–water partition coefficient (Wildman–Crippen LogP) is 0.469. The fourth-order valence-corrected chi connectivity index (χ4v) is 3.14. The first kappa shape index (κ1) is 16.4. The van der Waals surface area contributed by atoms with Gasteiger partial charge < -0.3 is 16.0 Å². The Bertz CT molecular complexity index is 673. The Morgan fingerprint density at radius 2 is 1.96 bits per heavy atom. The molecule has 0 radical (unpaired) electrons. The smallest absolute Gasteiger partial charge is 0.322 e. The third-order valence-electron chi connectivity index (χ3n) is 4.91. The molecule has 128 valence electrons. The van der Waals surface area contributed by atoms with Crippen molar-refractivity contribution >= 4 is 17.8 Å². The monoisotopic (exact) mass is 330 g/mol. The fourth-order valence-electron chi connectivity index (χ4n) is 3.14. The summed E-state index contributed by atoms with van der Waals surface area (Å²) >= 11 is 0. The van der Waals surface area contributed by atoms with Crippen LogP contribution in [-0.2, 0) is 10.3 Å². The number of nitrogens with one attached hydrogen (secondary N) is 4.